The van der Waals surface area contributed by atoms with E-state index >= 15 is 0 Å². The van der Waals surface area contributed by atoms with Gasteiger partial charge in [-0.05, 0) is 80.2 Å². The fraction of sp³-hybridized carbons (Fsp3) is 0.241. The Bertz CT molecular complexity index is 1730. The molecule has 3 heterocycles. The lowest BCUT2D eigenvalue weighted by molar-refractivity contribution is 0.412. The highest BCUT2D eigenvalue weighted by Gasteiger charge is 2.42. The summed E-state index contributed by atoms with van der Waals surface area (Å²) in [6.45, 7) is 4.09. The number of pyridine rings is 1. The van der Waals surface area contributed by atoms with E-state index in [-0.39, 0.29) is 12.1 Å². The number of ether oxygens (including phenoxy) is 2. The number of nitrogens with one attached hydrogen (secondary N) is 2. The minimum Gasteiger partial charge on any atom is -0.495 e. The Morgan fingerprint density at radius 3 is 2.44 bits per heavy atom. The molecule has 1 fully saturated rings. The van der Waals surface area contributed by atoms with Gasteiger partial charge in [0, 0.05) is 34.4 Å². The third kappa shape index (κ3) is 5.57. The zero-order valence-corrected chi connectivity index (χ0v) is 25.6. The quantitative estimate of drug-likeness (QED) is 0.245. The highest BCUT2D eigenvalue weighted by Crippen LogP contribution is 2.45. The zero-order valence-electron chi connectivity index (χ0n) is 23.2. The molecule has 1 aliphatic heterocycles. The Morgan fingerprint density at radius 1 is 1.02 bits per heavy atom. The Morgan fingerprint density at radius 2 is 1.78 bits per heavy atom. The molecule has 0 unspecified atom stereocenters. The van der Waals surface area contributed by atoms with Gasteiger partial charge in [-0.3, -0.25) is 9.71 Å². The van der Waals surface area contributed by atoms with Crippen LogP contribution in [0.2, 0.25) is 5.02 Å². The molecule has 2 aromatic heterocycles. The molecule has 0 saturated carbocycles. The number of hydrogen-bond donors (Lipinski definition) is 2. The summed E-state index contributed by atoms with van der Waals surface area (Å²) >= 11 is 12.3. The van der Waals surface area contributed by atoms with Crippen molar-refractivity contribution < 1.29 is 17.9 Å². The lowest BCUT2D eigenvalue weighted by Gasteiger charge is -2.29. The van der Waals surface area contributed by atoms with E-state index in [1.807, 2.05) is 48.2 Å². The van der Waals surface area contributed by atoms with Crippen LogP contribution >= 0.6 is 23.8 Å². The van der Waals surface area contributed by atoms with E-state index in [0.29, 0.717) is 27.3 Å². The van der Waals surface area contributed by atoms with Crippen LogP contribution in [0.1, 0.15) is 34.7 Å². The topological polar surface area (TPSA) is 97.7 Å². The normalized spacial score (nSPS) is 16.9. The summed E-state index contributed by atoms with van der Waals surface area (Å²) in [6.07, 6.45) is 2.85. The fourth-order valence-electron chi connectivity index (χ4n) is 5.36. The van der Waals surface area contributed by atoms with Gasteiger partial charge in [-0.1, -0.05) is 17.7 Å². The minimum absolute atomic E-state index is 0.279. The second-order valence-corrected chi connectivity index (χ2v) is 12.3. The average molecular weight is 612 g/mol. The standard InChI is InChI=1S/C29H30ClN5O4S2/c1-17-14-21(18(2)34(17)24-15-19(30)9-12-25(24)38-3)28-27(23-8-6-7-13-31-23)32-29(40)35(28)20-10-11-22(26(16-20)39-4)33-41(5,36)37/h6-16,27-28,33H,1-5H3,(H,32,40)/t27-,28+/m1/s1. The molecular weight excluding hydrogens is 582 g/mol. The first-order chi connectivity index (χ1) is 19.5. The van der Waals surface area contributed by atoms with Gasteiger partial charge in [0.15, 0.2) is 5.11 Å². The summed E-state index contributed by atoms with van der Waals surface area (Å²) in [6, 6.07) is 18.1. The van der Waals surface area contributed by atoms with Gasteiger partial charge in [-0.15, -0.1) is 0 Å². The van der Waals surface area contributed by atoms with E-state index in [1.165, 1.54) is 7.11 Å². The fourth-order valence-corrected chi connectivity index (χ4v) is 6.44. The molecule has 0 aliphatic carbocycles. The first kappa shape index (κ1) is 28.7. The molecule has 0 spiro atoms. The van der Waals surface area contributed by atoms with Crippen molar-refractivity contribution in [2.75, 3.05) is 30.1 Å². The monoisotopic (exact) mass is 611 g/mol. The number of hydrogen-bond acceptors (Lipinski definition) is 6. The van der Waals surface area contributed by atoms with Crippen molar-refractivity contribution in [2.24, 2.45) is 0 Å². The molecule has 1 aliphatic rings. The second-order valence-electron chi connectivity index (χ2n) is 9.73. The van der Waals surface area contributed by atoms with Crippen molar-refractivity contribution in [3.8, 4) is 17.2 Å². The smallest absolute Gasteiger partial charge is 0.229 e. The summed E-state index contributed by atoms with van der Waals surface area (Å²) in [4.78, 5) is 6.67. The molecule has 4 aromatic rings. The molecule has 9 nitrogen and oxygen atoms in total. The van der Waals surface area contributed by atoms with Gasteiger partial charge < -0.3 is 24.3 Å². The number of thiocarbonyl (C=S) groups is 1. The molecule has 0 amide bonds. The van der Waals surface area contributed by atoms with Gasteiger partial charge >= 0.3 is 0 Å². The van der Waals surface area contributed by atoms with Crippen LogP contribution in [0.3, 0.4) is 0 Å². The van der Waals surface area contributed by atoms with E-state index in [0.717, 1.165) is 40.3 Å². The maximum absolute atomic E-state index is 11.9. The van der Waals surface area contributed by atoms with E-state index < -0.39 is 10.0 Å². The molecule has 5 rings (SSSR count). The Labute approximate surface area is 250 Å². The van der Waals surface area contributed by atoms with E-state index in [9.17, 15) is 8.42 Å². The number of benzene rings is 2. The van der Waals surface area contributed by atoms with Crippen molar-refractivity contribution in [1.29, 1.82) is 0 Å². The summed E-state index contributed by atoms with van der Waals surface area (Å²) in [7, 11) is -0.378. The van der Waals surface area contributed by atoms with E-state index in [2.05, 4.69) is 32.6 Å². The van der Waals surface area contributed by atoms with Gasteiger partial charge in [-0.25, -0.2) is 8.42 Å². The number of aromatic nitrogens is 2. The molecule has 41 heavy (non-hydrogen) atoms. The van der Waals surface area contributed by atoms with Crippen molar-refractivity contribution in [2.45, 2.75) is 25.9 Å². The molecule has 0 bridgehead atoms. The van der Waals surface area contributed by atoms with Gasteiger partial charge in [-0.2, -0.15) is 0 Å². The maximum Gasteiger partial charge on any atom is 0.229 e. The molecule has 2 N–H and O–H groups in total. The van der Waals surface area contributed by atoms with Gasteiger partial charge in [0.05, 0.1) is 49.6 Å². The number of sulfonamides is 1. The van der Waals surface area contributed by atoms with Gasteiger partial charge in [0.1, 0.15) is 11.5 Å². The molecular formula is C29H30ClN5O4S2. The largest absolute Gasteiger partial charge is 0.495 e. The van der Waals surface area contributed by atoms with Crippen LogP contribution in [-0.4, -0.2) is 43.6 Å². The number of halogens is 1. The van der Waals surface area contributed by atoms with Crippen LogP contribution in [0, 0.1) is 13.8 Å². The molecule has 2 aromatic carbocycles. The first-order valence-electron chi connectivity index (χ1n) is 12.7. The Hall–Kier alpha value is -3.80. The third-order valence-electron chi connectivity index (χ3n) is 7.03. The molecule has 12 heteroatoms. The van der Waals surface area contributed by atoms with Crippen LogP contribution in [0.5, 0.6) is 11.5 Å². The molecule has 214 valence electrons. The zero-order chi connectivity index (χ0) is 29.5. The van der Waals surface area contributed by atoms with Crippen LogP contribution in [-0.2, 0) is 10.0 Å². The second kappa shape index (κ2) is 11.2. The summed E-state index contributed by atoms with van der Waals surface area (Å²) in [5.41, 5.74) is 5.70. The average Bonchev–Trinajstić information content (AvgIpc) is 3.43. The Balaban J connectivity index is 1.69. The molecule has 2 atom stereocenters. The van der Waals surface area contributed by atoms with Crippen LogP contribution in [0.25, 0.3) is 5.69 Å². The number of methoxy groups -OCH3 is 2. The van der Waals surface area contributed by atoms with Crippen molar-refractivity contribution >= 4 is 50.3 Å². The van der Waals surface area contributed by atoms with Crippen LogP contribution < -0.4 is 24.4 Å². The SMILES string of the molecule is COc1cc(N2C(=S)N[C@H](c3ccccn3)[C@@H]2c2cc(C)n(-c3cc(Cl)ccc3OC)c2C)ccc1NS(C)(=O)=O. The number of aryl methyl sites for hydroxylation is 1. The highest BCUT2D eigenvalue weighted by molar-refractivity contribution is 7.92. The van der Waals surface area contributed by atoms with Gasteiger partial charge in [0.2, 0.25) is 10.0 Å². The number of rotatable bonds is 8. The van der Waals surface area contributed by atoms with E-state index in [1.54, 1.807) is 31.5 Å². The molecule has 0 radical (unpaired) electrons. The summed E-state index contributed by atoms with van der Waals surface area (Å²) < 4.78 is 39.7. The van der Waals surface area contributed by atoms with Crippen molar-refractivity contribution in [3.63, 3.8) is 0 Å². The lowest BCUT2D eigenvalue weighted by Crippen LogP contribution is -2.29. The third-order valence-corrected chi connectivity index (χ3v) is 8.17. The minimum atomic E-state index is -3.51. The molecule has 1 saturated heterocycles. The Kier molecular flexibility index (Phi) is 7.87. The van der Waals surface area contributed by atoms with Crippen molar-refractivity contribution in [3.05, 3.63) is 94.5 Å². The first-order valence-corrected chi connectivity index (χ1v) is 15.4. The van der Waals surface area contributed by atoms with Gasteiger partial charge in [0.25, 0.3) is 0 Å². The van der Waals surface area contributed by atoms with Crippen LogP contribution in [0.4, 0.5) is 11.4 Å². The summed E-state index contributed by atoms with van der Waals surface area (Å²) in [5.74, 6) is 1.06. The summed E-state index contributed by atoms with van der Waals surface area (Å²) in [5, 5.41) is 4.57. The van der Waals surface area contributed by atoms with Crippen molar-refractivity contribution in [1.82, 2.24) is 14.9 Å². The predicted octanol–water partition coefficient (Wildman–Crippen LogP) is 5.71. The predicted molar refractivity (Wildman–Crippen MR) is 166 cm³/mol. The maximum atomic E-state index is 11.9. The van der Waals surface area contributed by atoms with E-state index in [4.69, 9.17) is 33.3 Å². The lowest BCUT2D eigenvalue weighted by atomic mass is 9.96. The highest BCUT2D eigenvalue weighted by atomic mass is 35.5. The van der Waals surface area contributed by atoms with Crippen LogP contribution in [0.15, 0.2) is 66.9 Å². The number of anilines is 2. The number of nitrogens with zero attached hydrogens (tertiary/aromatic N) is 3.